The standard InChI is InChI=1S/C35H24N2O7/c38-32(21-7-2-1-3-8-21)22-10-14-24(15-11-22)44-35(41)31-30-29(26-16-12-20-6-4-5-9-25(20)37(26)31)33(39)36(34(30)40)23-13-17-27-28(18-23)43-19-42-27/h1-18,26,29-31H,19H2/t26-,29-,30+,31-/m1/s1. The van der Waals surface area contributed by atoms with Crippen LogP contribution in [-0.4, -0.2) is 42.4 Å². The number of nitrogens with zero attached hydrogens (tertiary/aromatic N) is 2. The highest BCUT2D eigenvalue weighted by atomic mass is 16.7. The second kappa shape index (κ2) is 9.95. The first kappa shape index (κ1) is 26.0. The lowest BCUT2D eigenvalue weighted by Crippen LogP contribution is -2.50. The zero-order valence-electron chi connectivity index (χ0n) is 23.2. The molecule has 0 radical (unpaired) electrons. The molecule has 0 unspecified atom stereocenters. The molecule has 4 aromatic rings. The van der Waals surface area contributed by atoms with Crippen LogP contribution in [0.25, 0.3) is 6.08 Å². The van der Waals surface area contributed by atoms with Crippen molar-refractivity contribution in [3.8, 4) is 17.2 Å². The number of rotatable bonds is 5. The van der Waals surface area contributed by atoms with Gasteiger partial charge in [-0.15, -0.1) is 0 Å². The largest absolute Gasteiger partial charge is 0.454 e. The van der Waals surface area contributed by atoms with Crippen LogP contribution in [0.15, 0.2) is 103 Å². The Morgan fingerprint density at radius 1 is 0.750 bits per heavy atom. The molecule has 0 spiro atoms. The van der Waals surface area contributed by atoms with Gasteiger partial charge in [0.05, 0.1) is 23.6 Å². The van der Waals surface area contributed by atoms with Gasteiger partial charge in [0.2, 0.25) is 18.6 Å². The van der Waals surface area contributed by atoms with Gasteiger partial charge in [0.15, 0.2) is 17.3 Å². The summed E-state index contributed by atoms with van der Waals surface area (Å²) >= 11 is 0. The molecule has 4 aliphatic heterocycles. The maximum atomic E-state index is 14.1. The average molecular weight is 585 g/mol. The van der Waals surface area contributed by atoms with Crippen LogP contribution in [0.5, 0.6) is 17.2 Å². The molecule has 8 rings (SSSR count). The van der Waals surface area contributed by atoms with Crippen molar-refractivity contribution in [1.29, 1.82) is 0 Å². The molecule has 4 aromatic carbocycles. The summed E-state index contributed by atoms with van der Waals surface area (Å²) in [6.45, 7) is 0.0580. The Labute approximate surface area is 251 Å². The van der Waals surface area contributed by atoms with Crippen molar-refractivity contribution in [3.05, 3.63) is 120 Å². The van der Waals surface area contributed by atoms with E-state index in [4.69, 9.17) is 14.2 Å². The van der Waals surface area contributed by atoms with E-state index >= 15 is 0 Å². The van der Waals surface area contributed by atoms with E-state index in [1.165, 1.54) is 0 Å². The molecule has 2 fully saturated rings. The van der Waals surface area contributed by atoms with Crippen LogP contribution in [0.1, 0.15) is 21.5 Å². The smallest absolute Gasteiger partial charge is 0.335 e. The summed E-state index contributed by atoms with van der Waals surface area (Å²) in [4.78, 5) is 58.0. The maximum Gasteiger partial charge on any atom is 0.335 e. The number of hydrogen-bond acceptors (Lipinski definition) is 8. The molecule has 9 nitrogen and oxygen atoms in total. The number of ketones is 1. The van der Waals surface area contributed by atoms with Gasteiger partial charge >= 0.3 is 5.97 Å². The van der Waals surface area contributed by atoms with Gasteiger partial charge in [0.25, 0.3) is 0 Å². The quantitative estimate of drug-likeness (QED) is 0.145. The topological polar surface area (TPSA) is 102 Å². The molecule has 0 aromatic heterocycles. The number of anilines is 2. The van der Waals surface area contributed by atoms with Crippen molar-refractivity contribution >= 4 is 41.0 Å². The SMILES string of the molecule is O=C(c1ccccc1)c1ccc(OC(=O)[C@H]2[C@H]3C(=O)N(c4ccc5c(c4)OCO5)C(=O)[C@@H]3[C@H]3C=Cc4ccccc4N32)cc1. The van der Waals surface area contributed by atoms with Crippen LogP contribution >= 0.6 is 0 Å². The van der Waals surface area contributed by atoms with Crippen LogP contribution in [0.4, 0.5) is 11.4 Å². The Bertz CT molecular complexity index is 1890. The lowest BCUT2D eigenvalue weighted by molar-refractivity contribution is -0.139. The van der Waals surface area contributed by atoms with Gasteiger partial charge in [-0.2, -0.15) is 0 Å². The molecule has 9 heteroatoms. The molecular formula is C35H24N2O7. The second-order valence-corrected chi connectivity index (χ2v) is 11.0. The van der Waals surface area contributed by atoms with Crippen molar-refractivity contribution in [3.63, 3.8) is 0 Å². The normalized spacial score (nSPS) is 22.5. The Hall–Kier alpha value is -5.70. The molecular weight excluding hydrogens is 560 g/mol. The van der Waals surface area contributed by atoms with Crippen LogP contribution < -0.4 is 24.0 Å². The number of hydrogen-bond donors (Lipinski definition) is 0. The van der Waals surface area contributed by atoms with Gasteiger partial charge in [-0.25, -0.2) is 9.69 Å². The van der Waals surface area contributed by atoms with Crippen LogP contribution in [0.3, 0.4) is 0 Å². The molecule has 4 heterocycles. The second-order valence-electron chi connectivity index (χ2n) is 11.0. The minimum absolute atomic E-state index is 0.0580. The van der Waals surface area contributed by atoms with Gasteiger partial charge < -0.3 is 19.1 Å². The van der Waals surface area contributed by atoms with E-state index in [2.05, 4.69) is 0 Å². The number of para-hydroxylation sites is 1. The van der Waals surface area contributed by atoms with E-state index < -0.39 is 41.7 Å². The Morgan fingerprint density at radius 3 is 2.27 bits per heavy atom. The van der Waals surface area contributed by atoms with Crippen molar-refractivity contribution in [2.75, 3.05) is 16.6 Å². The van der Waals surface area contributed by atoms with E-state index in [0.717, 1.165) is 16.2 Å². The lowest BCUT2D eigenvalue weighted by Gasteiger charge is -2.36. The van der Waals surface area contributed by atoms with Gasteiger partial charge in [0.1, 0.15) is 11.8 Å². The fourth-order valence-electron chi connectivity index (χ4n) is 6.67. The van der Waals surface area contributed by atoms with Gasteiger partial charge in [-0.3, -0.25) is 14.4 Å². The summed E-state index contributed by atoms with van der Waals surface area (Å²) in [6, 6.07) is 26.1. The monoisotopic (exact) mass is 584 g/mol. The zero-order valence-corrected chi connectivity index (χ0v) is 23.2. The highest BCUT2D eigenvalue weighted by Crippen LogP contribution is 2.50. The summed E-state index contributed by atoms with van der Waals surface area (Å²) in [6.07, 6.45) is 3.80. The predicted octanol–water partition coefficient (Wildman–Crippen LogP) is 4.64. The molecule has 2 amide bonds. The Morgan fingerprint density at radius 2 is 1.45 bits per heavy atom. The van der Waals surface area contributed by atoms with Crippen molar-refractivity contribution < 1.29 is 33.4 Å². The van der Waals surface area contributed by atoms with Crippen LogP contribution in [0, 0.1) is 11.8 Å². The number of fused-ring (bicyclic) bond motifs is 6. The third kappa shape index (κ3) is 3.93. The summed E-state index contributed by atoms with van der Waals surface area (Å²) in [5.74, 6) is -2.28. The number of benzene rings is 4. The number of esters is 1. The lowest BCUT2D eigenvalue weighted by atomic mass is 9.89. The summed E-state index contributed by atoms with van der Waals surface area (Å²) in [5.41, 5.74) is 2.97. The van der Waals surface area contributed by atoms with Gasteiger partial charge in [0, 0.05) is 22.9 Å². The molecule has 4 atom stereocenters. The maximum absolute atomic E-state index is 14.1. The highest BCUT2D eigenvalue weighted by molar-refractivity contribution is 6.24. The Kier molecular flexibility index (Phi) is 5.87. The number of carbonyl (C=O) groups excluding carboxylic acids is 4. The van der Waals surface area contributed by atoms with Gasteiger partial charge in [-0.05, 0) is 48.0 Å². The Balaban J connectivity index is 1.13. The fraction of sp³-hybridized carbons (Fsp3) is 0.143. The van der Waals surface area contributed by atoms with Crippen molar-refractivity contribution in [1.82, 2.24) is 0 Å². The summed E-state index contributed by atoms with van der Waals surface area (Å²) in [7, 11) is 0. The van der Waals surface area contributed by atoms with Gasteiger partial charge in [-0.1, -0.05) is 60.7 Å². The van der Waals surface area contributed by atoms with Crippen LogP contribution in [0.2, 0.25) is 0 Å². The molecule has 0 saturated carbocycles. The highest BCUT2D eigenvalue weighted by Gasteiger charge is 2.65. The zero-order chi connectivity index (χ0) is 29.9. The number of ether oxygens (including phenoxy) is 3. The van der Waals surface area contributed by atoms with E-state index in [-0.39, 0.29) is 18.3 Å². The molecule has 44 heavy (non-hydrogen) atoms. The number of amides is 2. The molecule has 216 valence electrons. The number of imide groups is 1. The van der Waals surface area contributed by atoms with E-state index in [0.29, 0.717) is 28.3 Å². The molecule has 0 N–H and O–H groups in total. The molecule has 2 saturated heterocycles. The minimum atomic E-state index is -1.07. The third-order valence-electron chi connectivity index (χ3n) is 8.64. The molecule has 0 bridgehead atoms. The van der Waals surface area contributed by atoms with E-state index in [9.17, 15) is 19.2 Å². The first-order valence-corrected chi connectivity index (χ1v) is 14.2. The fourth-order valence-corrected chi connectivity index (χ4v) is 6.67. The van der Waals surface area contributed by atoms with Crippen molar-refractivity contribution in [2.45, 2.75) is 12.1 Å². The summed E-state index contributed by atoms with van der Waals surface area (Å²) < 4.78 is 16.7. The number of carbonyl (C=O) groups is 4. The minimum Gasteiger partial charge on any atom is -0.454 e. The van der Waals surface area contributed by atoms with E-state index in [1.807, 2.05) is 47.4 Å². The first-order chi connectivity index (χ1) is 21.5. The summed E-state index contributed by atoms with van der Waals surface area (Å²) in [5, 5.41) is 0. The third-order valence-corrected chi connectivity index (χ3v) is 8.64. The average Bonchev–Trinajstić information content (AvgIpc) is 3.74. The molecule has 4 aliphatic rings. The predicted molar refractivity (Wildman–Crippen MR) is 160 cm³/mol. The first-order valence-electron chi connectivity index (χ1n) is 14.2. The van der Waals surface area contributed by atoms with Crippen LogP contribution in [-0.2, 0) is 14.4 Å². The molecule has 0 aliphatic carbocycles. The van der Waals surface area contributed by atoms with E-state index in [1.54, 1.807) is 66.7 Å². The van der Waals surface area contributed by atoms with Crippen molar-refractivity contribution in [2.24, 2.45) is 11.8 Å².